The molecule has 0 bridgehead atoms. The summed E-state index contributed by atoms with van der Waals surface area (Å²) in [6, 6.07) is 42.4. The van der Waals surface area contributed by atoms with Crippen molar-refractivity contribution >= 4 is 81.9 Å². The first kappa shape index (κ1) is 82.5. The van der Waals surface area contributed by atoms with Crippen LogP contribution in [0, 0.1) is 12.8 Å². The molecule has 6 aromatic carbocycles. The number of aromatic amines is 2. The molecule has 0 aliphatic carbocycles. The largest absolute Gasteiger partial charge is 0.471 e. The molecule has 1 fully saturated rings. The minimum Gasteiger partial charge on any atom is -0.471 e. The number of nitrogens with two attached hydrogens (primary N) is 3. The van der Waals surface area contributed by atoms with Gasteiger partial charge in [-0.05, 0) is 93.7 Å². The Hall–Kier alpha value is -13.5. The highest BCUT2D eigenvalue weighted by molar-refractivity contribution is 6.02. The molecule has 5 heterocycles. The molecule has 0 spiro atoms. The van der Waals surface area contributed by atoms with E-state index in [2.05, 4.69) is 62.2 Å². The maximum atomic E-state index is 12.4. The van der Waals surface area contributed by atoms with E-state index in [1.54, 1.807) is 65.2 Å². The minimum atomic E-state index is -4.94. The number of anilines is 2. The predicted molar refractivity (Wildman–Crippen MR) is 374 cm³/mol. The van der Waals surface area contributed by atoms with Crippen molar-refractivity contribution < 1.29 is 89.8 Å². The number of benzene rings is 6. The molecule has 11 rings (SSSR count). The molecule has 1 saturated heterocycles. The fourth-order valence-corrected chi connectivity index (χ4v) is 8.58. The molecule has 0 radical (unpaired) electrons. The fourth-order valence-electron chi connectivity index (χ4n) is 8.58. The first-order valence-electron chi connectivity index (χ1n) is 32.2. The Kier molecular flexibility index (Phi) is 33.5. The van der Waals surface area contributed by atoms with Crippen molar-refractivity contribution in [1.82, 2.24) is 66.5 Å². The van der Waals surface area contributed by atoms with Crippen molar-refractivity contribution in [2.45, 2.75) is 91.5 Å². The lowest BCUT2D eigenvalue weighted by molar-refractivity contribution is -0.191. The number of hydrogen-bond donors (Lipinski definition) is 10. The van der Waals surface area contributed by atoms with Crippen LogP contribution in [-0.2, 0) is 90.7 Å². The molecular weight excluding hydrogens is 1410 g/mol. The molecule has 5 amide bonds. The number of fused-ring (bicyclic) bond motifs is 2. The van der Waals surface area contributed by atoms with Gasteiger partial charge in [0, 0.05) is 71.9 Å². The van der Waals surface area contributed by atoms with Crippen LogP contribution in [0.5, 0.6) is 11.8 Å². The van der Waals surface area contributed by atoms with Crippen LogP contribution in [0.15, 0.2) is 164 Å². The van der Waals surface area contributed by atoms with E-state index >= 15 is 0 Å². The van der Waals surface area contributed by atoms with Gasteiger partial charge in [0.15, 0.2) is 11.3 Å². The Morgan fingerprint density at radius 1 is 0.505 bits per heavy atom. The molecule has 560 valence electrons. The lowest BCUT2D eigenvalue weighted by atomic mass is 10.1. The van der Waals surface area contributed by atoms with Gasteiger partial charge in [-0.15, -0.1) is 12.8 Å². The number of carbonyl (C=O) groups excluding carboxylic acids is 9. The van der Waals surface area contributed by atoms with Crippen molar-refractivity contribution in [2.75, 3.05) is 24.7 Å². The van der Waals surface area contributed by atoms with Crippen LogP contribution < -0.4 is 53.3 Å². The molecule has 1 aliphatic heterocycles. The molecule has 0 unspecified atom stereocenters. The van der Waals surface area contributed by atoms with Gasteiger partial charge in [-0.25, -0.2) is 19.6 Å². The monoisotopic (exact) mass is 1480 g/mol. The first-order chi connectivity index (χ1) is 51.6. The van der Waals surface area contributed by atoms with Crippen LogP contribution >= 0.6 is 0 Å². The third-order valence-corrected chi connectivity index (χ3v) is 14.0. The summed E-state index contributed by atoms with van der Waals surface area (Å²) in [6.45, 7) is 6.55. The normalized spacial score (nSPS) is 11.1. The van der Waals surface area contributed by atoms with E-state index < -0.39 is 36.1 Å². The number of imidazole rings is 2. The second-order valence-electron chi connectivity index (χ2n) is 21.9. The van der Waals surface area contributed by atoms with Crippen molar-refractivity contribution in [3.63, 3.8) is 0 Å². The van der Waals surface area contributed by atoms with Gasteiger partial charge in [0.2, 0.25) is 35.5 Å². The van der Waals surface area contributed by atoms with Gasteiger partial charge in [-0.1, -0.05) is 115 Å². The molecular formula is C72H72F6N16O13. The molecule has 4 aromatic heterocycles. The Morgan fingerprint density at radius 2 is 0.832 bits per heavy atom. The standard InChI is InChI=1S/C23H20F3N7O3.C20H20N2O5.C13H14N6O.C9H8F3NO.C4H8O.C2H2.CO2/c24-23(25,26)21(35)29-10-14-5-7-16(8-6-14)19(34)28-9-13-1-3-15(4-2-13)11-36-20-17-18(31-12-30-17)32-22(27)33-20;1-13(23)21-11-15-3-7-17(8-4-15)19(25)27-20(26)18-9-5-16(6-10-18)12-22-14(2)24;14-5-8-1-3-9(4-2-8)6-20-12-10-11(17-7-16-10)18-13(15)19-12;10-9(11,12)8(14)13-6-7-4-2-1-3-5-7;1-2-4-5-3-1;1-2;2-1-3/h1-8,12H,9-11H2,(H,28,34)(H,29,35)(H3,27,30,31,32,33);3-10H,11-12H2,1-2H3,(H,21,23)(H,22,24);1-4,7H,5-6,14H2,(H3,15,16,17,18,19);1-5H,6H2,(H,13,14);1-4H2;1-2H;/i;;;;;1D;. The van der Waals surface area contributed by atoms with Gasteiger partial charge >= 0.3 is 42.3 Å². The van der Waals surface area contributed by atoms with Crippen LogP contribution in [0.1, 0.15) is 104 Å². The maximum absolute atomic E-state index is 12.4. The molecule has 1 aliphatic rings. The summed E-state index contributed by atoms with van der Waals surface area (Å²) < 4.78 is 99.0. The molecule has 29 nitrogen and oxygen atoms in total. The number of terminal acetylenes is 1. The van der Waals surface area contributed by atoms with Gasteiger partial charge in [-0.3, -0.25) is 24.0 Å². The third kappa shape index (κ3) is 30.2. The molecule has 0 atom stereocenters. The number of nitrogens with one attached hydrogen (secondary N) is 7. The van der Waals surface area contributed by atoms with Gasteiger partial charge < -0.3 is 72.7 Å². The van der Waals surface area contributed by atoms with E-state index in [0.717, 1.165) is 46.6 Å². The van der Waals surface area contributed by atoms with Gasteiger partial charge in [0.05, 0.1) is 23.8 Å². The number of alkyl halides is 6. The number of rotatable bonds is 20. The summed E-state index contributed by atoms with van der Waals surface area (Å²) in [5, 5.41) is 11.6. The van der Waals surface area contributed by atoms with E-state index in [1.807, 2.05) is 48.5 Å². The second kappa shape index (κ2) is 43.5. The quantitative estimate of drug-likeness (QED) is 0.0150. The van der Waals surface area contributed by atoms with E-state index in [9.17, 15) is 59.9 Å². The minimum absolute atomic E-state index is 0.0542. The highest BCUT2D eigenvalue weighted by Gasteiger charge is 2.39. The molecule has 35 heteroatoms. The first-order valence-corrected chi connectivity index (χ1v) is 31.7. The number of nitrogens with zero attached hydrogens (tertiary/aromatic N) is 6. The molecule has 0 saturated carbocycles. The average molecular weight is 1480 g/mol. The summed E-state index contributed by atoms with van der Waals surface area (Å²) in [7, 11) is 0. The molecule has 107 heavy (non-hydrogen) atoms. The number of hydrogen-bond acceptors (Lipinski definition) is 22. The van der Waals surface area contributed by atoms with Gasteiger partial charge in [0.1, 0.15) is 25.6 Å². The zero-order valence-electron chi connectivity index (χ0n) is 58.1. The number of nitrogen functional groups attached to an aromatic ring is 2. The predicted octanol–water partition coefficient (Wildman–Crippen LogP) is 7.88. The zero-order chi connectivity index (χ0) is 79.0. The Bertz CT molecular complexity index is 4540. The highest BCUT2D eigenvalue weighted by Crippen LogP contribution is 2.24. The lowest BCUT2D eigenvalue weighted by Crippen LogP contribution is -2.36. The van der Waals surface area contributed by atoms with Crippen molar-refractivity contribution in [3.8, 4) is 24.6 Å². The van der Waals surface area contributed by atoms with Crippen LogP contribution in [0.3, 0.4) is 0 Å². The van der Waals surface area contributed by atoms with E-state index in [1.165, 1.54) is 94.3 Å². The summed E-state index contributed by atoms with van der Waals surface area (Å²) in [5.74, 6) is -5.21. The summed E-state index contributed by atoms with van der Waals surface area (Å²) >= 11 is 0. The Morgan fingerprint density at radius 3 is 1.18 bits per heavy atom. The highest BCUT2D eigenvalue weighted by atomic mass is 19.4. The van der Waals surface area contributed by atoms with Crippen molar-refractivity contribution in [3.05, 3.63) is 226 Å². The number of aromatic nitrogens is 8. The van der Waals surface area contributed by atoms with Crippen LogP contribution in [-0.4, -0.2) is 113 Å². The zero-order valence-corrected chi connectivity index (χ0v) is 57.1. The van der Waals surface area contributed by atoms with Crippen molar-refractivity contribution in [2.24, 2.45) is 5.73 Å². The topological polar surface area (TPSA) is 438 Å². The number of esters is 2. The SMILES string of the molecule is C1CCOC1.CC(=O)NCc1ccc(C(=O)OC(=O)c2ccc(CNC(C)=O)cc2)cc1.NCc1ccc(COc2nc(N)nc3nc[nH]c23)cc1.Nc1nc(OCc2ccc(CNC(=O)c3ccc(CNC(=O)C(F)(F)F)cc3)cc2)c2[nH]cnc2n1.O=C(NCc1ccccc1)C(F)(F)F.O=C=O.[2H]C#C. The number of ether oxygens (including phenoxy) is 4. The Labute approximate surface area is 608 Å². The second-order valence-corrected chi connectivity index (χ2v) is 21.9. The van der Waals surface area contributed by atoms with Gasteiger partial charge in [0.25, 0.3) is 5.91 Å². The summed E-state index contributed by atoms with van der Waals surface area (Å²) in [5.41, 5.74) is 26.3. The Balaban J connectivity index is 0.000000256. The van der Waals surface area contributed by atoms with Crippen LogP contribution in [0.25, 0.3) is 22.3 Å². The number of H-pyrrole nitrogens is 2. The fraction of sp³-hybridized carbons (Fsp3) is 0.222. The van der Waals surface area contributed by atoms with E-state index in [-0.39, 0.29) is 73.1 Å². The molecule has 10 aromatic rings. The third-order valence-electron chi connectivity index (χ3n) is 14.0. The maximum Gasteiger partial charge on any atom is 0.471 e. The van der Waals surface area contributed by atoms with Crippen molar-refractivity contribution in [1.29, 1.82) is 0 Å². The van der Waals surface area contributed by atoms with Crippen LogP contribution in [0.4, 0.5) is 38.2 Å². The van der Waals surface area contributed by atoms with Crippen LogP contribution in [0.2, 0.25) is 0 Å². The number of carbonyl (C=O) groups is 7. The summed E-state index contributed by atoms with van der Waals surface area (Å²) in [4.78, 5) is 126. The number of halogens is 6. The smallest absolute Gasteiger partial charge is 0.471 e. The number of amides is 5. The molecule has 13 N–H and O–H groups in total. The lowest BCUT2D eigenvalue weighted by Gasteiger charge is -2.10. The summed E-state index contributed by atoms with van der Waals surface area (Å²) in [6.07, 6.45) is 1.82. The average Bonchev–Trinajstić information content (AvgIpc) is 1.76. The van der Waals surface area contributed by atoms with E-state index in [4.69, 9.17) is 47.1 Å². The van der Waals surface area contributed by atoms with E-state index in [0.29, 0.717) is 77.0 Å². The van der Waals surface area contributed by atoms with Gasteiger partial charge in [-0.2, -0.15) is 55.9 Å².